The van der Waals surface area contributed by atoms with E-state index in [9.17, 15) is 22.8 Å². The number of halogens is 3. The van der Waals surface area contributed by atoms with Crippen LogP contribution < -0.4 is 4.90 Å². The highest BCUT2D eigenvalue weighted by molar-refractivity contribution is 8.04. The molecular formula is C22H12F3NO2S. The normalized spacial score (nSPS) is 20.9. The monoisotopic (exact) mass is 411 g/mol. The largest absolute Gasteiger partial charge is 0.416 e. The topological polar surface area (TPSA) is 37.4 Å². The lowest BCUT2D eigenvalue weighted by atomic mass is 10.0. The Morgan fingerprint density at radius 1 is 0.931 bits per heavy atom. The number of Topliss-reactive ketones (excluding diaryl/α,β-unsaturated/α-hetero) is 1. The summed E-state index contributed by atoms with van der Waals surface area (Å²) < 4.78 is 39.9. The molecule has 1 unspecified atom stereocenters. The maximum absolute atomic E-state index is 13.6. The van der Waals surface area contributed by atoms with Crippen molar-refractivity contribution in [2.24, 2.45) is 0 Å². The van der Waals surface area contributed by atoms with Crippen LogP contribution in [0.3, 0.4) is 0 Å². The molecule has 0 bridgehead atoms. The van der Waals surface area contributed by atoms with Crippen LogP contribution >= 0.6 is 11.8 Å². The van der Waals surface area contributed by atoms with Crippen molar-refractivity contribution in [3.05, 3.63) is 88.8 Å². The SMILES string of the molecule is O=C1C=CSC2(C(=O)c3cccc4cccc2c34)N1c1cccc(C(F)(F)F)c1. The summed E-state index contributed by atoms with van der Waals surface area (Å²) in [6, 6.07) is 15.3. The predicted molar refractivity (Wildman–Crippen MR) is 106 cm³/mol. The van der Waals surface area contributed by atoms with Gasteiger partial charge in [0.15, 0.2) is 4.87 Å². The van der Waals surface area contributed by atoms with Crippen molar-refractivity contribution < 1.29 is 22.8 Å². The minimum atomic E-state index is -4.56. The van der Waals surface area contributed by atoms with Crippen LogP contribution in [0, 0.1) is 0 Å². The molecule has 144 valence electrons. The van der Waals surface area contributed by atoms with Gasteiger partial charge < -0.3 is 0 Å². The summed E-state index contributed by atoms with van der Waals surface area (Å²) in [7, 11) is 0. The van der Waals surface area contributed by atoms with Crippen LogP contribution in [0.1, 0.15) is 21.5 Å². The van der Waals surface area contributed by atoms with Crippen LogP contribution in [0.2, 0.25) is 0 Å². The summed E-state index contributed by atoms with van der Waals surface area (Å²) in [5.41, 5.74) is 0.222. The lowest BCUT2D eigenvalue weighted by molar-refractivity contribution is -0.137. The minimum absolute atomic E-state index is 0.0276. The predicted octanol–water partition coefficient (Wildman–Crippen LogP) is 5.50. The molecule has 3 aromatic rings. The average molecular weight is 411 g/mol. The first-order valence-electron chi connectivity index (χ1n) is 8.77. The molecule has 1 heterocycles. The summed E-state index contributed by atoms with van der Waals surface area (Å²) in [5.74, 6) is -0.856. The van der Waals surface area contributed by atoms with Gasteiger partial charge in [0.05, 0.1) is 5.56 Å². The van der Waals surface area contributed by atoms with Crippen molar-refractivity contribution in [2.75, 3.05) is 4.90 Å². The third-order valence-corrected chi connectivity index (χ3v) is 6.44. The molecule has 0 saturated heterocycles. The molecule has 1 atom stereocenters. The first kappa shape index (κ1) is 18.0. The first-order chi connectivity index (χ1) is 13.8. The number of alkyl halides is 3. The summed E-state index contributed by atoms with van der Waals surface area (Å²) in [4.78, 5) is 26.2. The van der Waals surface area contributed by atoms with Gasteiger partial charge in [-0.25, -0.2) is 0 Å². The molecule has 0 N–H and O–H groups in total. The van der Waals surface area contributed by atoms with Crippen molar-refractivity contribution in [3.8, 4) is 0 Å². The molecule has 1 amide bonds. The number of amides is 1. The highest BCUT2D eigenvalue weighted by Crippen LogP contribution is 2.54. The minimum Gasteiger partial charge on any atom is -0.290 e. The van der Waals surface area contributed by atoms with Gasteiger partial charge in [-0.2, -0.15) is 13.2 Å². The van der Waals surface area contributed by atoms with Gasteiger partial charge in [-0.05, 0) is 34.4 Å². The number of benzene rings is 3. The number of carbonyl (C=O) groups is 2. The molecule has 29 heavy (non-hydrogen) atoms. The molecule has 2 aliphatic rings. The van der Waals surface area contributed by atoms with Crippen LogP contribution in [0.15, 0.2) is 72.1 Å². The zero-order valence-corrected chi connectivity index (χ0v) is 15.6. The molecule has 0 radical (unpaired) electrons. The van der Waals surface area contributed by atoms with E-state index in [1.165, 1.54) is 28.5 Å². The Labute approximate surface area is 167 Å². The number of carbonyl (C=O) groups excluding carboxylic acids is 2. The Hall–Kier alpha value is -3.06. The van der Waals surface area contributed by atoms with E-state index in [1.807, 2.05) is 12.1 Å². The molecule has 3 nitrogen and oxygen atoms in total. The smallest absolute Gasteiger partial charge is 0.290 e. The molecule has 7 heteroatoms. The van der Waals surface area contributed by atoms with Gasteiger partial charge in [0, 0.05) is 22.9 Å². The van der Waals surface area contributed by atoms with Crippen LogP contribution in [-0.2, 0) is 15.8 Å². The van der Waals surface area contributed by atoms with Crippen molar-refractivity contribution >= 4 is 39.9 Å². The number of anilines is 1. The second-order valence-corrected chi connectivity index (χ2v) is 7.92. The molecule has 1 aliphatic heterocycles. The summed E-state index contributed by atoms with van der Waals surface area (Å²) in [6.07, 6.45) is -3.29. The van der Waals surface area contributed by atoms with Crippen LogP contribution in [-0.4, -0.2) is 11.7 Å². The molecule has 1 aliphatic carbocycles. The van der Waals surface area contributed by atoms with Gasteiger partial charge in [-0.3, -0.25) is 14.5 Å². The van der Waals surface area contributed by atoms with Crippen molar-refractivity contribution in [3.63, 3.8) is 0 Å². The van der Waals surface area contributed by atoms with Gasteiger partial charge in [-0.1, -0.05) is 54.2 Å². The number of nitrogens with zero attached hydrogens (tertiary/aromatic N) is 1. The highest BCUT2D eigenvalue weighted by Gasteiger charge is 2.55. The van der Waals surface area contributed by atoms with E-state index in [2.05, 4.69) is 0 Å². The third kappa shape index (κ3) is 2.40. The molecule has 3 aromatic carbocycles. The zero-order valence-electron chi connectivity index (χ0n) is 14.7. The number of rotatable bonds is 1. The van der Waals surface area contributed by atoms with Gasteiger partial charge in [0.2, 0.25) is 5.78 Å². The Bertz CT molecular complexity index is 1230. The van der Waals surface area contributed by atoms with Gasteiger partial charge >= 0.3 is 6.18 Å². The average Bonchev–Trinajstić information content (AvgIpc) is 2.93. The van der Waals surface area contributed by atoms with E-state index in [-0.39, 0.29) is 11.5 Å². The van der Waals surface area contributed by atoms with Crippen LogP contribution in [0.5, 0.6) is 0 Å². The first-order valence-corrected chi connectivity index (χ1v) is 9.65. The van der Waals surface area contributed by atoms with Crippen LogP contribution in [0.25, 0.3) is 10.8 Å². The zero-order chi connectivity index (χ0) is 20.4. The Morgan fingerprint density at radius 3 is 2.41 bits per heavy atom. The molecule has 0 aromatic heterocycles. The van der Waals surface area contributed by atoms with Gasteiger partial charge in [0.1, 0.15) is 0 Å². The second kappa shape index (κ2) is 5.97. The molecule has 5 rings (SSSR count). The number of hydrogen-bond acceptors (Lipinski definition) is 3. The Kier molecular flexibility index (Phi) is 3.70. The summed E-state index contributed by atoms with van der Waals surface area (Å²) >= 11 is 1.12. The Balaban J connectivity index is 1.79. The van der Waals surface area contributed by atoms with Crippen LogP contribution in [0.4, 0.5) is 18.9 Å². The van der Waals surface area contributed by atoms with E-state index in [4.69, 9.17) is 0 Å². The second-order valence-electron chi connectivity index (χ2n) is 6.82. The number of hydrogen-bond donors (Lipinski definition) is 0. The highest BCUT2D eigenvalue weighted by atomic mass is 32.2. The quantitative estimate of drug-likeness (QED) is 0.531. The summed E-state index contributed by atoms with van der Waals surface area (Å²) in [5, 5.41) is 3.11. The fourth-order valence-corrected chi connectivity index (χ4v) is 5.26. The van der Waals surface area contributed by atoms with E-state index in [0.29, 0.717) is 11.1 Å². The van der Waals surface area contributed by atoms with E-state index < -0.39 is 22.5 Å². The summed E-state index contributed by atoms with van der Waals surface area (Å²) in [6.45, 7) is 0. The van der Waals surface area contributed by atoms with Crippen molar-refractivity contribution in [1.82, 2.24) is 0 Å². The van der Waals surface area contributed by atoms with Crippen molar-refractivity contribution in [1.29, 1.82) is 0 Å². The van der Waals surface area contributed by atoms with Gasteiger partial charge in [-0.15, -0.1) is 0 Å². The lowest BCUT2D eigenvalue weighted by Crippen LogP contribution is -2.52. The number of thioether (sulfide) groups is 1. The fourth-order valence-electron chi connectivity index (χ4n) is 4.06. The molecule has 1 spiro atoms. The third-order valence-electron chi connectivity index (χ3n) is 5.24. The maximum Gasteiger partial charge on any atom is 0.416 e. The fraction of sp³-hybridized carbons (Fsp3) is 0.0909. The lowest BCUT2D eigenvalue weighted by Gasteiger charge is -2.41. The molecule has 0 fully saturated rings. The standard InChI is InChI=1S/C22H12F3NO2S/c23-22(24,25)14-6-3-7-15(12-14)26-18(27)10-11-29-21(26)17-9-2-5-13-4-1-8-16(19(13)17)20(21)28/h1-12H. The van der Waals surface area contributed by atoms with E-state index in [0.717, 1.165) is 34.7 Å². The van der Waals surface area contributed by atoms with Crippen molar-refractivity contribution in [2.45, 2.75) is 11.0 Å². The molecule has 0 saturated carbocycles. The number of fused-ring (bicyclic) bond motifs is 1. The Morgan fingerprint density at radius 2 is 1.66 bits per heavy atom. The van der Waals surface area contributed by atoms with E-state index in [1.54, 1.807) is 24.3 Å². The van der Waals surface area contributed by atoms with E-state index >= 15 is 0 Å². The van der Waals surface area contributed by atoms with Gasteiger partial charge in [0.25, 0.3) is 5.91 Å². The number of ketones is 1. The maximum atomic E-state index is 13.6. The molecular weight excluding hydrogens is 399 g/mol.